The lowest BCUT2D eigenvalue weighted by Gasteiger charge is -2.55. The van der Waals surface area contributed by atoms with E-state index in [2.05, 4.69) is 5.32 Å². The highest BCUT2D eigenvalue weighted by Gasteiger charge is 2.51. The van der Waals surface area contributed by atoms with Crippen LogP contribution in [0.2, 0.25) is 0 Å². The molecule has 198 valence electrons. The van der Waals surface area contributed by atoms with Gasteiger partial charge in [0, 0.05) is 13.6 Å². The summed E-state index contributed by atoms with van der Waals surface area (Å²) in [6, 6.07) is 12.1. The van der Waals surface area contributed by atoms with E-state index in [1.807, 2.05) is 38.1 Å². The molecule has 2 aromatic carbocycles. The van der Waals surface area contributed by atoms with Crippen LogP contribution in [0.3, 0.4) is 0 Å². The van der Waals surface area contributed by atoms with E-state index in [0.29, 0.717) is 19.4 Å². The summed E-state index contributed by atoms with van der Waals surface area (Å²) in [7, 11) is 3.29. The number of piperazine rings is 1. The lowest BCUT2D eigenvalue weighted by molar-refractivity contribution is -0.189. The number of methoxy groups -OCH3 is 1. The SMILES string of the molecule is CCCC1C(=O)N(C(C)c2ccc(F)cc2)CC2N1C(=O)CN(C)N2C(=O)NCc1ccc(OC)cc1. The number of hydrazine groups is 1. The lowest BCUT2D eigenvalue weighted by atomic mass is 9.98. The third-order valence-corrected chi connectivity index (χ3v) is 7.08. The Labute approximate surface area is 216 Å². The van der Waals surface area contributed by atoms with Gasteiger partial charge in [-0.2, -0.15) is 0 Å². The quantitative estimate of drug-likeness (QED) is 0.618. The zero-order valence-corrected chi connectivity index (χ0v) is 21.7. The van der Waals surface area contributed by atoms with Crippen molar-refractivity contribution >= 4 is 17.8 Å². The van der Waals surface area contributed by atoms with E-state index < -0.39 is 12.2 Å². The van der Waals surface area contributed by atoms with Crippen molar-refractivity contribution in [2.24, 2.45) is 0 Å². The number of rotatable bonds is 7. The third kappa shape index (κ3) is 5.39. The Morgan fingerprint density at radius 1 is 1.14 bits per heavy atom. The minimum absolute atomic E-state index is 0.00648. The van der Waals surface area contributed by atoms with Crippen LogP contribution in [0.25, 0.3) is 0 Å². The fourth-order valence-electron chi connectivity index (χ4n) is 5.09. The average Bonchev–Trinajstić information content (AvgIpc) is 2.89. The highest BCUT2D eigenvalue weighted by Crippen LogP contribution is 2.32. The predicted octanol–water partition coefficient (Wildman–Crippen LogP) is 3.13. The van der Waals surface area contributed by atoms with Crippen molar-refractivity contribution in [1.29, 1.82) is 0 Å². The van der Waals surface area contributed by atoms with Gasteiger partial charge in [0.1, 0.15) is 23.8 Å². The Morgan fingerprint density at radius 2 is 1.81 bits per heavy atom. The van der Waals surface area contributed by atoms with Crippen LogP contribution in [-0.2, 0) is 16.1 Å². The minimum atomic E-state index is -0.676. The van der Waals surface area contributed by atoms with E-state index in [-0.39, 0.29) is 42.8 Å². The summed E-state index contributed by atoms with van der Waals surface area (Å²) >= 11 is 0. The van der Waals surface area contributed by atoms with Gasteiger partial charge in [-0.25, -0.2) is 19.2 Å². The van der Waals surface area contributed by atoms with E-state index in [9.17, 15) is 18.8 Å². The van der Waals surface area contributed by atoms with Crippen LogP contribution in [0.15, 0.2) is 48.5 Å². The molecule has 10 heteroatoms. The molecule has 2 aliphatic rings. The molecular formula is C27H34FN5O4. The molecule has 9 nitrogen and oxygen atoms in total. The number of hydrogen-bond donors (Lipinski definition) is 1. The first-order chi connectivity index (χ1) is 17.7. The molecule has 0 bridgehead atoms. The fraction of sp³-hybridized carbons (Fsp3) is 0.444. The summed E-state index contributed by atoms with van der Waals surface area (Å²) in [4.78, 5) is 43.5. The average molecular weight is 512 g/mol. The second-order valence-corrected chi connectivity index (χ2v) is 9.47. The summed E-state index contributed by atoms with van der Waals surface area (Å²) in [5, 5.41) is 6.08. The number of benzene rings is 2. The molecule has 2 heterocycles. The van der Waals surface area contributed by atoms with Crippen LogP contribution in [0.4, 0.5) is 9.18 Å². The maximum absolute atomic E-state index is 13.6. The van der Waals surface area contributed by atoms with Crippen molar-refractivity contribution in [2.45, 2.75) is 51.5 Å². The molecule has 0 saturated carbocycles. The third-order valence-electron chi connectivity index (χ3n) is 7.08. The van der Waals surface area contributed by atoms with Crippen molar-refractivity contribution in [3.8, 4) is 5.75 Å². The van der Waals surface area contributed by atoms with Gasteiger partial charge < -0.3 is 19.9 Å². The summed E-state index contributed by atoms with van der Waals surface area (Å²) in [5.41, 5.74) is 1.68. The molecule has 2 aromatic rings. The molecule has 2 fully saturated rings. The predicted molar refractivity (Wildman–Crippen MR) is 136 cm³/mol. The Morgan fingerprint density at radius 3 is 2.43 bits per heavy atom. The Bertz CT molecular complexity index is 1130. The van der Waals surface area contributed by atoms with Gasteiger partial charge in [-0.3, -0.25) is 9.59 Å². The number of carbonyl (C=O) groups excluding carboxylic acids is 3. The number of carbonyl (C=O) groups is 3. The van der Waals surface area contributed by atoms with Gasteiger partial charge in [0.2, 0.25) is 11.8 Å². The van der Waals surface area contributed by atoms with Gasteiger partial charge in [0.05, 0.1) is 26.2 Å². The zero-order valence-electron chi connectivity index (χ0n) is 21.7. The van der Waals surface area contributed by atoms with Crippen molar-refractivity contribution < 1.29 is 23.5 Å². The molecule has 2 saturated heterocycles. The molecule has 4 rings (SSSR count). The number of hydrogen-bond acceptors (Lipinski definition) is 5. The fourth-order valence-corrected chi connectivity index (χ4v) is 5.09. The molecule has 2 aliphatic heterocycles. The molecular weight excluding hydrogens is 477 g/mol. The Hall–Kier alpha value is -3.66. The number of urea groups is 1. The number of halogens is 1. The van der Waals surface area contributed by atoms with Crippen LogP contribution < -0.4 is 10.1 Å². The first kappa shape index (κ1) is 26.4. The van der Waals surface area contributed by atoms with Gasteiger partial charge in [-0.05, 0) is 48.7 Å². The standard InChI is InChI=1S/C27H34FN5O4/c1-5-6-23-26(35)31(18(2)20-9-11-21(28)12-10-20)16-24-32(23)25(34)17-30(3)33(24)27(36)29-15-19-7-13-22(37-4)14-8-19/h7-14,18,23-24H,5-6,15-17H2,1-4H3,(H,29,36). The topological polar surface area (TPSA) is 85.4 Å². The highest BCUT2D eigenvalue weighted by atomic mass is 19.1. The van der Waals surface area contributed by atoms with Crippen molar-refractivity contribution in [3.63, 3.8) is 0 Å². The molecule has 3 unspecified atom stereocenters. The second-order valence-electron chi connectivity index (χ2n) is 9.47. The van der Waals surface area contributed by atoms with E-state index in [1.165, 1.54) is 17.1 Å². The molecule has 37 heavy (non-hydrogen) atoms. The second kappa shape index (κ2) is 11.2. The number of ether oxygens (including phenoxy) is 1. The maximum atomic E-state index is 13.6. The first-order valence-corrected chi connectivity index (χ1v) is 12.5. The van der Waals surface area contributed by atoms with Crippen LogP contribution in [0.5, 0.6) is 5.75 Å². The van der Waals surface area contributed by atoms with Crippen LogP contribution in [-0.4, -0.2) is 77.1 Å². The van der Waals surface area contributed by atoms with E-state index in [4.69, 9.17) is 4.74 Å². The van der Waals surface area contributed by atoms with Crippen molar-refractivity contribution in [3.05, 3.63) is 65.5 Å². The minimum Gasteiger partial charge on any atom is -0.497 e. The highest BCUT2D eigenvalue weighted by molar-refractivity contribution is 5.91. The number of nitrogens with one attached hydrogen (secondary N) is 1. The van der Waals surface area contributed by atoms with Gasteiger partial charge in [-0.15, -0.1) is 0 Å². The summed E-state index contributed by atoms with van der Waals surface area (Å²) in [6.45, 7) is 4.27. The Balaban J connectivity index is 1.60. The summed E-state index contributed by atoms with van der Waals surface area (Å²) in [6.07, 6.45) is 0.517. The van der Waals surface area contributed by atoms with Crippen molar-refractivity contribution in [2.75, 3.05) is 27.2 Å². The summed E-state index contributed by atoms with van der Waals surface area (Å²) < 4.78 is 18.7. The largest absolute Gasteiger partial charge is 0.497 e. The smallest absolute Gasteiger partial charge is 0.334 e. The molecule has 0 aliphatic carbocycles. The molecule has 0 aromatic heterocycles. The molecule has 0 spiro atoms. The van der Waals surface area contributed by atoms with Gasteiger partial charge in [-0.1, -0.05) is 37.6 Å². The normalized spacial score (nSPS) is 21.1. The van der Waals surface area contributed by atoms with E-state index in [0.717, 1.165) is 16.9 Å². The number of nitrogens with zero attached hydrogens (tertiary/aromatic N) is 4. The maximum Gasteiger partial charge on any atom is 0.334 e. The molecule has 0 radical (unpaired) electrons. The van der Waals surface area contributed by atoms with Crippen LogP contribution >= 0.6 is 0 Å². The van der Waals surface area contributed by atoms with E-state index >= 15 is 0 Å². The summed E-state index contributed by atoms with van der Waals surface area (Å²) in [5.74, 6) is 0.0263. The van der Waals surface area contributed by atoms with Crippen LogP contribution in [0, 0.1) is 5.82 Å². The van der Waals surface area contributed by atoms with Gasteiger partial charge in [0.25, 0.3) is 0 Å². The number of likely N-dealkylation sites (N-methyl/N-ethyl adjacent to an activating group) is 1. The monoisotopic (exact) mass is 511 g/mol. The van der Waals surface area contributed by atoms with Crippen LogP contribution in [0.1, 0.15) is 43.9 Å². The van der Waals surface area contributed by atoms with Gasteiger partial charge in [0.15, 0.2) is 0 Å². The van der Waals surface area contributed by atoms with Crippen molar-refractivity contribution in [1.82, 2.24) is 25.1 Å². The number of fused-ring (bicyclic) bond motifs is 1. The number of amides is 4. The van der Waals surface area contributed by atoms with Gasteiger partial charge >= 0.3 is 6.03 Å². The Kier molecular flexibility index (Phi) is 7.97. The molecule has 4 amide bonds. The van der Waals surface area contributed by atoms with E-state index in [1.54, 1.807) is 41.1 Å². The molecule has 3 atom stereocenters. The zero-order chi connectivity index (χ0) is 26.7. The first-order valence-electron chi connectivity index (χ1n) is 12.5. The lowest BCUT2D eigenvalue weighted by Crippen LogP contribution is -2.76. The molecule has 1 N–H and O–H groups in total.